The number of H-pyrrole nitrogens is 1. The van der Waals surface area contributed by atoms with Gasteiger partial charge in [-0.25, -0.2) is 0 Å². The lowest BCUT2D eigenvalue weighted by Gasteiger charge is -2.14. The molecule has 0 aliphatic rings. The van der Waals surface area contributed by atoms with E-state index in [4.69, 9.17) is 21.4 Å². The Morgan fingerprint density at radius 1 is 1.80 bits per heavy atom. The zero-order valence-electron chi connectivity index (χ0n) is 8.29. The topological polar surface area (TPSA) is 74.3 Å². The van der Waals surface area contributed by atoms with Crippen LogP contribution in [-0.4, -0.2) is 42.4 Å². The maximum absolute atomic E-state index is 11.5. The molecule has 0 saturated carbocycles. The molecular weight excluding hydrogens is 220 g/mol. The Morgan fingerprint density at radius 3 is 3.00 bits per heavy atom. The van der Waals surface area contributed by atoms with Gasteiger partial charge in [-0.15, -0.1) is 0 Å². The lowest BCUT2D eigenvalue weighted by atomic mass is 10.3. The van der Waals surface area contributed by atoms with Crippen molar-refractivity contribution in [1.82, 2.24) is 10.3 Å². The Kier molecular flexibility index (Phi) is 4.61. The summed E-state index contributed by atoms with van der Waals surface area (Å²) in [6.07, 6.45) is 1.51. The first-order chi connectivity index (χ1) is 7.17. The molecule has 1 rings (SSSR count). The molecule has 0 aliphatic heterocycles. The van der Waals surface area contributed by atoms with Gasteiger partial charge < -0.3 is 20.1 Å². The first-order valence-corrected chi connectivity index (χ1v) is 4.79. The van der Waals surface area contributed by atoms with Gasteiger partial charge in [0.05, 0.1) is 24.3 Å². The minimum absolute atomic E-state index is 0.173. The van der Waals surface area contributed by atoms with Gasteiger partial charge in [0.1, 0.15) is 5.69 Å². The number of aliphatic hydroxyl groups is 1. The van der Waals surface area contributed by atoms with Crippen molar-refractivity contribution in [2.24, 2.45) is 0 Å². The average Bonchev–Trinajstić information content (AvgIpc) is 2.64. The summed E-state index contributed by atoms with van der Waals surface area (Å²) in [6.45, 7) is 0.0880. The number of ether oxygens (including phenoxy) is 1. The smallest absolute Gasteiger partial charge is 0.268 e. The molecule has 1 unspecified atom stereocenters. The molecule has 1 heterocycles. The summed E-state index contributed by atoms with van der Waals surface area (Å²) < 4.78 is 4.83. The van der Waals surface area contributed by atoms with E-state index in [0.717, 1.165) is 0 Å². The van der Waals surface area contributed by atoms with Crippen molar-refractivity contribution in [2.45, 2.75) is 6.04 Å². The second kappa shape index (κ2) is 5.75. The van der Waals surface area contributed by atoms with Crippen LogP contribution in [0.5, 0.6) is 0 Å². The molecule has 0 radical (unpaired) electrons. The molecule has 1 aromatic heterocycles. The highest BCUT2D eigenvalue weighted by Crippen LogP contribution is 2.09. The SMILES string of the molecule is COCC(CO)NC(=O)c1cc(Cl)c[nH]1. The molecule has 6 heteroatoms. The number of carbonyl (C=O) groups excluding carboxylic acids is 1. The molecule has 0 aliphatic carbocycles. The number of halogens is 1. The Bertz CT molecular complexity index is 327. The summed E-state index contributed by atoms with van der Waals surface area (Å²) in [5.74, 6) is -0.321. The second-order valence-corrected chi connectivity index (χ2v) is 3.48. The molecule has 0 saturated heterocycles. The minimum Gasteiger partial charge on any atom is -0.394 e. The van der Waals surface area contributed by atoms with E-state index >= 15 is 0 Å². The van der Waals surface area contributed by atoms with Crippen LogP contribution in [0.15, 0.2) is 12.3 Å². The number of rotatable bonds is 5. The largest absolute Gasteiger partial charge is 0.394 e. The summed E-state index contributed by atoms with van der Waals surface area (Å²) in [4.78, 5) is 14.2. The Labute approximate surface area is 92.4 Å². The zero-order valence-corrected chi connectivity index (χ0v) is 9.04. The third kappa shape index (κ3) is 3.54. The first kappa shape index (κ1) is 12.0. The third-order valence-electron chi connectivity index (χ3n) is 1.82. The number of hydrogen-bond acceptors (Lipinski definition) is 3. The summed E-state index contributed by atoms with van der Waals surface area (Å²) >= 11 is 5.65. The molecule has 5 nitrogen and oxygen atoms in total. The van der Waals surface area contributed by atoms with Gasteiger partial charge in [-0.2, -0.15) is 0 Å². The second-order valence-electron chi connectivity index (χ2n) is 3.04. The van der Waals surface area contributed by atoms with E-state index < -0.39 is 6.04 Å². The average molecular weight is 233 g/mol. The van der Waals surface area contributed by atoms with Crippen molar-refractivity contribution in [3.05, 3.63) is 23.0 Å². The molecule has 0 spiro atoms. The van der Waals surface area contributed by atoms with Crippen molar-refractivity contribution in [3.8, 4) is 0 Å². The summed E-state index contributed by atoms with van der Waals surface area (Å²) in [5, 5.41) is 12.0. The van der Waals surface area contributed by atoms with Crippen molar-refractivity contribution in [2.75, 3.05) is 20.3 Å². The predicted octanol–water partition coefficient (Wildman–Crippen LogP) is 0.405. The van der Waals surface area contributed by atoms with E-state index in [1.165, 1.54) is 19.4 Å². The summed E-state index contributed by atoms with van der Waals surface area (Å²) in [5.41, 5.74) is 0.356. The number of aromatic amines is 1. The minimum atomic E-state index is -0.412. The maximum atomic E-state index is 11.5. The standard InChI is InChI=1S/C9H13ClN2O3/c1-15-5-7(4-13)12-9(14)8-2-6(10)3-11-8/h2-3,7,11,13H,4-5H2,1H3,(H,12,14). The fourth-order valence-electron chi connectivity index (χ4n) is 1.10. The van der Waals surface area contributed by atoms with Gasteiger partial charge in [0, 0.05) is 13.3 Å². The fourth-order valence-corrected chi connectivity index (χ4v) is 1.27. The van der Waals surface area contributed by atoms with Gasteiger partial charge in [-0.1, -0.05) is 11.6 Å². The van der Waals surface area contributed by atoms with E-state index in [-0.39, 0.29) is 19.1 Å². The molecule has 1 aromatic rings. The molecule has 15 heavy (non-hydrogen) atoms. The van der Waals surface area contributed by atoms with Crippen molar-refractivity contribution < 1.29 is 14.6 Å². The van der Waals surface area contributed by atoms with Crippen molar-refractivity contribution >= 4 is 17.5 Å². The predicted molar refractivity (Wildman–Crippen MR) is 56.0 cm³/mol. The maximum Gasteiger partial charge on any atom is 0.268 e. The molecule has 1 amide bonds. The highest BCUT2D eigenvalue weighted by Gasteiger charge is 2.13. The summed E-state index contributed by atoms with van der Waals surface area (Å²) in [6, 6.07) is 1.10. The van der Waals surface area contributed by atoms with Crippen LogP contribution in [0.1, 0.15) is 10.5 Å². The van der Waals surface area contributed by atoms with Crippen LogP contribution in [0.4, 0.5) is 0 Å². The third-order valence-corrected chi connectivity index (χ3v) is 2.03. The van der Waals surface area contributed by atoms with Crippen LogP contribution in [0.25, 0.3) is 0 Å². The first-order valence-electron chi connectivity index (χ1n) is 4.42. The molecule has 0 aromatic carbocycles. The van der Waals surface area contributed by atoms with Crippen molar-refractivity contribution in [3.63, 3.8) is 0 Å². The van der Waals surface area contributed by atoms with Crippen LogP contribution < -0.4 is 5.32 Å². The number of amides is 1. The van der Waals surface area contributed by atoms with E-state index in [2.05, 4.69) is 10.3 Å². The molecule has 1 atom stereocenters. The van der Waals surface area contributed by atoms with E-state index in [1.54, 1.807) is 0 Å². The Hall–Kier alpha value is -1.04. The summed E-state index contributed by atoms with van der Waals surface area (Å²) in [7, 11) is 1.50. The van der Waals surface area contributed by atoms with E-state index in [9.17, 15) is 4.79 Å². The van der Waals surface area contributed by atoms with Crippen molar-refractivity contribution in [1.29, 1.82) is 0 Å². The van der Waals surface area contributed by atoms with Gasteiger partial charge >= 0.3 is 0 Å². The number of aromatic nitrogens is 1. The van der Waals surface area contributed by atoms with Gasteiger partial charge in [0.2, 0.25) is 0 Å². The van der Waals surface area contributed by atoms with Crippen LogP contribution >= 0.6 is 11.6 Å². The lowest BCUT2D eigenvalue weighted by molar-refractivity contribution is 0.0835. The molecule has 3 N–H and O–H groups in total. The molecule has 84 valence electrons. The zero-order chi connectivity index (χ0) is 11.3. The quantitative estimate of drug-likeness (QED) is 0.688. The van der Waals surface area contributed by atoms with Gasteiger partial charge in [0.15, 0.2) is 0 Å². The number of nitrogens with one attached hydrogen (secondary N) is 2. The molecular formula is C9H13ClN2O3. The van der Waals surface area contributed by atoms with Crippen LogP contribution in [0, 0.1) is 0 Å². The number of hydrogen-bond donors (Lipinski definition) is 3. The fraction of sp³-hybridized carbons (Fsp3) is 0.444. The van der Waals surface area contributed by atoms with Crippen LogP contribution in [-0.2, 0) is 4.74 Å². The Morgan fingerprint density at radius 2 is 2.53 bits per heavy atom. The normalized spacial score (nSPS) is 12.5. The highest BCUT2D eigenvalue weighted by atomic mass is 35.5. The number of methoxy groups -OCH3 is 1. The van der Waals surface area contributed by atoms with Crippen LogP contribution in [0.3, 0.4) is 0 Å². The van der Waals surface area contributed by atoms with Gasteiger partial charge in [0.25, 0.3) is 5.91 Å². The van der Waals surface area contributed by atoms with Gasteiger partial charge in [-0.05, 0) is 6.07 Å². The number of carbonyl (C=O) groups is 1. The monoisotopic (exact) mass is 232 g/mol. The van der Waals surface area contributed by atoms with Crippen LogP contribution in [0.2, 0.25) is 5.02 Å². The lowest BCUT2D eigenvalue weighted by Crippen LogP contribution is -2.40. The molecule has 0 bridgehead atoms. The van der Waals surface area contributed by atoms with Gasteiger partial charge in [-0.3, -0.25) is 4.79 Å². The Balaban J connectivity index is 2.54. The number of aliphatic hydroxyl groups excluding tert-OH is 1. The molecule has 0 fully saturated rings. The highest BCUT2D eigenvalue weighted by molar-refractivity contribution is 6.30. The van der Waals surface area contributed by atoms with E-state index in [0.29, 0.717) is 10.7 Å². The van der Waals surface area contributed by atoms with E-state index in [1.807, 2.05) is 0 Å².